The van der Waals surface area contributed by atoms with Crippen LogP contribution in [0.3, 0.4) is 0 Å². The monoisotopic (exact) mass is 234 g/mol. The Kier molecular flexibility index (Phi) is 3.89. The quantitative estimate of drug-likeness (QED) is 0.608. The number of nitrogens with zero attached hydrogens (tertiary/aromatic N) is 1. The fourth-order valence-electron chi connectivity index (χ4n) is 2.31. The third-order valence-electron chi connectivity index (χ3n) is 3.69. The Labute approximate surface area is 103 Å². The van der Waals surface area contributed by atoms with Crippen LogP contribution in [0.25, 0.3) is 0 Å². The van der Waals surface area contributed by atoms with Gasteiger partial charge in [-0.15, -0.1) is 0 Å². The fraction of sp³-hybridized carbons (Fsp3) is 0.571. The van der Waals surface area contributed by atoms with Crippen molar-refractivity contribution in [3.63, 3.8) is 0 Å². The molecule has 0 atom stereocenters. The van der Waals surface area contributed by atoms with Crippen LogP contribution < -0.4 is 5.73 Å². The molecule has 0 amide bonds. The lowest BCUT2D eigenvalue weighted by molar-refractivity contribution is 0.178. The van der Waals surface area contributed by atoms with Crippen LogP contribution in [0, 0.1) is 5.92 Å². The first-order valence-corrected chi connectivity index (χ1v) is 6.48. The number of hydrogen-bond donors (Lipinski definition) is 2. The van der Waals surface area contributed by atoms with Crippen molar-refractivity contribution in [1.29, 1.82) is 0 Å². The standard InChI is InChI=1S/C14H22N2O/c1-2-16(9-11-4-3-5-11)10-12-6-7-14(17)13(15)8-12/h6-8,11,17H,2-5,9-10,15H2,1H3. The molecule has 1 saturated carbocycles. The first-order valence-electron chi connectivity index (χ1n) is 6.48. The van der Waals surface area contributed by atoms with Gasteiger partial charge in [-0.25, -0.2) is 0 Å². The smallest absolute Gasteiger partial charge is 0.138 e. The molecule has 2 rings (SSSR count). The van der Waals surface area contributed by atoms with Gasteiger partial charge in [0.15, 0.2) is 0 Å². The minimum absolute atomic E-state index is 0.177. The largest absolute Gasteiger partial charge is 0.506 e. The van der Waals surface area contributed by atoms with Crippen LogP contribution >= 0.6 is 0 Å². The molecule has 0 radical (unpaired) electrons. The number of phenols is 1. The van der Waals surface area contributed by atoms with E-state index in [1.165, 1.54) is 31.4 Å². The molecule has 1 fully saturated rings. The lowest BCUT2D eigenvalue weighted by Gasteiger charge is -2.31. The Balaban J connectivity index is 1.94. The Hall–Kier alpha value is -1.22. The molecule has 0 unspecified atom stereocenters. The van der Waals surface area contributed by atoms with Gasteiger partial charge in [-0.2, -0.15) is 0 Å². The van der Waals surface area contributed by atoms with Crippen LogP contribution in [-0.4, -0.2) is 23.1 Å². The summed E-state index contributed by atoms with van der Waals surface area (Å²) in [4.78, 5) is 2.45. The third-order valence-corrected chi connectivity index (χ3v) is 3.69. The molecule has 1 aromatic carbocycles. The Morgan fingerprint density at radius 3 is 2.71 bits per heavy atom. The second-order valence-electron chi connectivity index (χ2n) is 5.02. The van der Waals surface area contributed by atoms with Gasteiger partial charge in [-0.3, -0.25) is 4.90 Å². The second-order valence-corrected chi connectivity index (χ2v) is 5.02. The summed E-state index contributed by atoms with van der Waals surface area (Å²) in [5.41, 5.74) is 7.36. The summed E-state index contributed by atoms with van der Waals surface area (Å²) >= 11 is 0. The van der Waals surface area contributed by atoms with Crippen LogP contribution in [0.2, 0.25) is 0 Å². The van der Waals surface area contributed by atoms with Crippen molar-refractivity contribution in [2.24, 2.45) is 5.92 Å². The predicted octanol–water partition coefficient (Wildman–Crippen LogP) is 2.60. The molecule has 0 spiro atoms. The molecule has 0 aromatic heterocycles. The van der Waals surface area contributed by atoms with Crippen molar-refractivity contribution in [2.45, 2.75) is 32.7 Å². The maximum atomic E-state index is 9.39. The molecular weight excluding hydrogens is 212 g/mol. The van der Waals surface area contributed by atoms with E-state index in [2.05, 4.69) is 11.8 Å². The van der Waals surface area contributed by atoms with E-state index in [0.29, 0.717) is 5.69 Å². The number of rotatable bonds is 5. The van der Waals surface area contributed by atoms with Crippen molar-refractivity contribution in [2.75, 3.05) is 18.8 Å². The van der Waals surface area contributed by atoms with Gasteiger partial charge in [-0.05, 0) is 43.0 Å². The summed E-state index contributed by atoms with van der Waals surface area (Å²) < 4.78 is 0. The van der Waals surface area contributed by atoms with E-state index < -0.39 is 0 Å². The Morgan fingerprint density at radius 2 is 2.18 bits per heavy atom. The van der Waals surface area contributed by atoms with Gasteiger partial charge in [0.25, 0.3) is 0 Å². The summed E-state index contributed by atoms with van der Waals surface area (Å²) in [5.74, 6) is 1.07. The zero-order chi connectivity index (χ0) is 12.3. The van der Waals surface area contributed by atoms with E-state index >= 15 is 0 Å². The van der Waals surface area contributed by atoms with Gasteiger partial charge in [0, 0.05) is 13.1 Å². The minimum Gasteiger partial charge on any atom is -0.506 e. The maximum absolute atomic E-state index is 9.39. The minimum atomic E-state index is 0.177. The molecule has 17 heavy (non-hydrogen) atoms. The van der Waals surface area contributed by atoms with Crippen molar-refractivity contribution < 1.29 is 5.11 Å². The fourth-order valence-corrected chi connectivity index (χ4v) is 2.31. The molecule has 0 aliphatic heterocycles. The van der Waals surface area contributed by atoms with Crippen LogP contribution in [-0.2, 0) is 6.54 Å². The number of anilines is 1. The number of hydrogen-bond acceptors (Lipinski definition) is 3. The van der Waals surface area contributed by atoms with E-state index in [-0.39, 0.29) is 5.75 Å². The highest BCUT2D eigenvalue weighted by Crippen LogP contribution is 2.28. The highest BCUT2D eigenvalue weighted by Gasteiger charge is 2.20. The van der Waals surface area contributed by atoms with Gasteiger partial charge in [-0.1, -0.05) is 19.4 Å². The summed E-state index contributed by atoms with van der Waals surface area (Å²) in [6.45, 7) is 5.38. The molecule has 0 saturated heterocycles. The van der Waals surface area contributed by atoms with Gasteiger partial charge in [0.2, 0.25) is 0 Å². The summed E-state index contributed by atoms with van der Waals surface area (Å²) in [5, 5.41) is 9.39. The number of phenolic OH excluding ortho intramolecular Hbond substituents is 1. The van der Waals surface area contributed by atoms with Crippen LogP contribution in [0.4, 0.5) is 5.69 Å². The number of nitrogen functional groups attached to an aromatic ring is 1. The van der Waals surface area contributed by atoms with E-state index in [4.69, 9.17) is 5.73 Å². The van der Waals surface area contributed by atoms with Crippen LogP contribution in [0.1, 0.15) is 31.7 Å². The molecule has 1 aromatic rings. The summed E-state index contributed by atoms with van der Waals surface area (Å²) in [7, 11) is 0. The predicted molar refractivity (Wildman–Crippen MR) is 70.8 cm³/mol. The lowest BCUT2D eigenvalue weighted by atomic mass is 9.85. The first kappa shape index (κ1) is 12.2. The number of benzene rings is 1. The third kappa shape index (κ3) is 3.13. The molecule has 3 heteroatoms. The lowest BCUT2D eigenvalue weighted by Crippen LogP contribution is -2.32. The Morgan fingerprint density at radius 1 is 1.41 bits per heavy atom. The van der Waals surface area contributed by atoms with E-state index in [1.807, 2.05) is 12.1 Å². The second kappa shape index (κ2) is 5.41. The molecule has 0 bridgehead atoms. The zero-order valence-electron chi connectivity index (χ0n) is 10.5. The van der Waals surface area contributed by atoms with Crippen LogP contribution in [0.15, 0.2) is 18.2 Å². The van der Waals surface area contributed by atoms with E-state index in [9.17, 15) is 5.11 Å². The average molecular weight is 234 g/mol. The van der Waals surface area contributed by atoms with Gasteiger partial charge in [0.05, 0.1) is 5.69 Å². The van der Waals surface area contributed by atoms with Crippen molar-refractivity contribution in [3.05, 3.63) is 23.8 Å². The molecule has 1 aliphatic carbocycles. The first-order chi connectivity index (χ1) is 8.19. The van der Waals surface area contributed by atoms with Crippen LogP contribution in [0.5, 0.6) is 5.75 Å². The SMILES string of the molecule is CCN(Cc1ccc(O)c(N)c1)CC1CCC1. The van der Waals surface area contributed by atoms with E-state index in [0.717, 1.165) is 19.0 Å². The molecule has 0 heterocycles. The van der Waals surface area contributed by atoms with E-state index in [1.54, 1.807) is 6.07 Å². The maximum Gasteiger partial charge on any atom is 0.138 e. The normalized spacial score (nSPS) is 16.1. The van der Waals surface area contributed by atoms with Crippen molar-refractivity contribution in [1.82, 2.24) is 4.90 Å². The van der Waals surface area contributed by atoms with Crippen molar-refractivity contribution >= 4 is 5.69 Å². The summed E-state index contributed by atoms with van der Waals surface area (Å²) in [6.07, 6.45) is 4.16. The van der Waals surface area contributed by atoms with Gasteiger partial charge >= 0.3 is 0 Å². The highest BCUT2D eigenvalue weighted by atomic mass is 16.3. The number of aromatic hydroxyl groups is 1. The zero-order valence-corrected chi connectivity index (χ0v) is 10.5. The Bertz CT molecular complexity index is 374. The average Bonchev–Trinajstić information content (AvgIpc) is 2.26. The van der Waals surface area contributed by atoms with Gasteiger partial charge in [0.1, 0.15) is 5.75 Å². The number of nitrogens with two attached hydrogens (primary N) is 1. The molecule has 1 aliphatic rings. The van der Waals surface area contributed by atoms with Gasteiger partial charge < -0.3 is 10.8 Å². The molecule has 94 valence electrons. The molecule has 3 nitrogen and oxygen atoms in total. The summed E-state index contributed by atoms with van der Waals surface area (Å²) in [6, 6.07) is 5.51. The topological polar surface area (TPSA) is 49.5 Å². The molecular formula is C14H22N2O. The molecule has 3 N–H and O–H groups in total. The van der Waals surface area contributed by atoms with Crippen molar-refractivity contribution in [3.8, 4) is 5.75 Å². The highest BCUT2D eigenvalue weighted by molar-refractivity contribution is 5.53.